The summed E-state index contributed by atoms with van der Waals surface area (Å²) in [6, 6.07) is 6.00. The van der Waals surface area contributed by atoms with Crippen LogP contribution in [0, 0.1) is 5.92 Å². The quantitative estimate of drug-likeness (QED) is 0.704. The molecular formula is C12H14O3. The first-order valence-corrected chi connectivity index (χ1v) is 5.26. The van der Waals surface area contributed by atoms with Crippen LogP contribution in [0.3, 0.4) is 0 Å². The van der Waals surface area contributed by atoms with Crippen molar-refractivity contribution in [3.05, 3.63) is 23.8 Å². The molecule has 0 bridgehead atoms. The molecule has 0 spiro atoms. The highest BCUT2D eigenvalue weighted by atomic mass is 16.7. The Morgan fingerprint density at radius 3 is 3.07 bits per heavy atom. The molecule has 1 aromatic rings. The maximum Gasteiger partial charge on any atom is 0.207 e. The van der Waals surface area contributed by atoms with E-state index in [-0.39, 0.29) is 6.29 Å². The maximum atomic E-state index is 5.74. The molecule has 2 aliphatic heterocycles. The van der Waals surface area contributed by atoms with Gasteiger partial charge in [0.05, 0.1) is 19.6 Å². The fourth-order valence-corrected chi connectivity index (χ4v) is 2.43. The molecule has 1 fully saturated rings. The smallest absolute Gasteiger partial charge is 0.207 e. The predicted molar refractivity (Wildman–Crippen MR) is 55.3 cm³/mol. The van der Waals surface area contributed by atoms with Gasteiger partial charge in [-0.25, -0.2) is 0 Å². The number of benzene rings is 1. The summed E-state index contributed by atoms with van der Waals surface area (Å²) in [6.45, 7) is 2.99. The molecular weight excluding hydrogens is 192 g/mol. The molecule has 3 nitrogen and oxygen atoms in total. The van der Waals surface area contributed by atoms with Gasteiger partial charge in [0, 0.05) is 11.6 Å². The van der Waals surface area contributed by atoms with Gasteiger partial charge in [-0.15, -0.1) is 0 Å². The van der Waals surface area contributed by atoms with Gasteiger partial charge in [-0.05, 0) is 12.0 Å². The zero-order chi connectivity index (χ0) is 10.4. The molecule has 0 unspecified atom stereocenters. The van der Waals surface area contributed by atoms with E-state index in [2.05, 4.69) is 13.0 Å². The van der Waals surface area contributed by atoms with Gasteiger partial charge < -0.3 is 14.2 Å². The van der Waals surface area contributed by atoms with E-state index in [0.717, 1.165) is 18.1 Å². The monoisotopic (exact) mass is 206 g/mol. The van der Waals surface area contributed by atoms with E-state index in [0.29, 0.717) is 11.8 Å². The Morgan fingerprint density at radius 1 is 1.40 bits per heavy atom. The topological polar surface area (TPSA) is 27.7 Å². The SMILES string of the molecule is COc1ccc2c(c1)O[C@H]1OC[C@H](C)[C@@H]21. The minimum atomic E-state index is -0.0814. The van der Waals surface area contributed by atoms with Crippen molar-refractivity contribution in [2.24, 2.45) is 5.92 Å². The Bertz CT molecular complexity index is 388. The molecule has 3 atom stereocenters. The average molecular weight is 206 g/mol. The van der Waals surface area contributed by atoms with Gasteiger partial charge >= 0.3 is 0 Å². The third-order valence-corrected chi connectivity index (χ3v) is 3.25. The Labute approximate surface area is 89.0 Å². The molecule has 0 radical (unpaired) electrons. The molecule has 0 amide bonds. The van der Waals surface area contributed by atoms with E-state index in [9.17, 15) is 0 Å². The van der Waals surface area contributed by atoms with Crippen molar-refractivity contribution < 1.29 is 14.2 Å². The van der Waals surface area contributed by atoms with Crippen LogP contribution in [0.2, 0.25) is 0 Å². The molecule has 3 rings (SSSR count). The molecule has 0 saturated carbocycles. The second-order valence-electron chi connectivity index (χ2n) is 4.23. The highest BCUT2D eigenvalue weighted by Gasteiger charge is 2.43. The normalized spacial score (nSPS) is 32.0. The van der Waals surface area contributed by atoms with Gasteiger partial charge in [0.2, 0.25) is 6.29 Å². The molecule has 0 aromatic heterocycles. The van der Waals surface area contributed by atoms with Crippen LogP contribution in [0.25, 0.3) is 0 Å². The van der Waals surface area contributed by atoms with Crippen molar-refractivity contribution in [1.29, 1.82) is 0 Å². The lowest BCUT2D eigenvalue weighted by Crippen LogP contribution is -2.15. The van der Waals surface area contributed by atoms with Crippen LogP contribution in [0.15, 0.2) is 18.2 Å². The van der Waals surface area contributed by atoms with E-state index in [1.54, 1.807) is 7.11 Å². The summed E-state index contributed by atoms with van der Waals surface area (Å²) >= 11 is 0. The van der Waals surface area contributed by atoms with Gasteiger partial charge in [0.25, 0.3) is 0 Å². The fourth-order valence-electron chi connectivity index (χ4n) is 2.43. The number of hydrogen-bond donors (Lipinski definition) is 0. The third-order valence-electron chi connectivity index (χ3n) is 3.25. The summed E-state index contributed by atoms with van der Waals surface area (Å²) in [7, 11) is 1.66. The van der Waals surface area contributed by atoms with E-state index < -0.39 is 0 Å². The van der Waals surface area contributed by atoms with Crippen molar-refractivity contribution in [2.45, 2.75) is 19.1 Å². The summed E-state index contributed by atoms with van der Waals surface area (Å²) < 4.78 is 16.5. The van der Waals surface area contributed by atoms with Crippen molar-refractivity contribution in [3.63, 3.8) is 0 Å². The molecule has 80 valence electrons. The van der Waals surface area contributed by atoms with E-state index in [1.165, 1.54) is 5.56 Å². The zero-order valence-electron chi connectivity index (χ0n) is 8.90. The molecule has 15 heavy (non-hydrogen) atoms. The molecule has 1 saturated heterocycles. The van der Waals surface area contributed by atoms with Crippen LogP contribution in [0.5, 0.6) is 11.5 Å². The summed E-state index contributed by atoms with van der Waals surface area (Å²) in [5.74, 6) is 2.67. The standard InChI is InChI=1S/C12H14O3/c1-7-6-14-12-11(7)9-4-3-8(13-2)5-10(9)15-12/h3-5,7,11-12H,6H2,1-2H3/t7-,11-,12+/m0/s1. The number of fused-ring (bicyclic) bond motifs is 3. The van der Waals surface area contributed by atoms with Crippen molar-refractivity contribution in [2.75, 3.05) is 13.7 Å². The van der Waals surface area contributed by atoms with Gasteiger partial charge in [-0.3, -0.25) is 0 Å². The Morgan fingerprint density at radius 2 is 2.27 bits per heavy atom. The lowest BCUT2D eigenvalue weighted by molar-refractivity contribution is -0.0340. The van der Waals surface area contributed by atoms with Crippen molar-refractivity contribution >= 4 is 0 Å². The lowest BCUT2D eigenvalue weighted by atomic mass is 9.90. The van der Waals surface area contributed by atoms with Gasteiger partial charge in [-0.2, -0.15) is 0 Å². The van der Waals surface area contributed by atoms with E-state index in [1.807, 2.05) is 12.1 Å². The first-order chi connectivity index (χ1) is 7.29. The number of ether oxygens (including phenoxy) is 3. The molecule has 0 N–H and O–H groups in total. The summed E-state index contributed by atoms with van der Waals surface area (Å²) in [5.41, 5.74) is 1.26. The van der Waals surface area contributed by atoms with Crippen LogP contribution in [-0.4, -0.2) is 20.0 Å². The highest BCUT2D eigenvalue weighted by Crippen LogP contribution is 2.47. The Balaban J connectivity index is 2.01. The third kappa shape index (κ3) is 1.23. The van der Waals surface area contributed by atoms with Crippen LogP contribution in [-0.2, 0) is 4.74 Å². The minimum Gasteiger partial charge on any atom is -0.497 e. The fraction of sp³-hybridized carbons (Fsp3) is 0.500. The van der Waals surface area contributed by atoms with Crippen LogP contribution < -0.4 is 9.47 Å². The predicted octanol–water partition coefficient (Wildman–Crippen LogP) is 2.16. The Hall–Kier alpha value is -1.22. The van der Waals surface area contributed by atoms with Crippen LogP contribution >= 0.6 is 0 Å². The average Bonchev–Trinajstić information content (AvgIpc) is 2.77. The zero-order valence-corrected chi connectivity index (χ0v) is 8.90. The second kappa shape index (κ2) is 3.14. The first kappa shape index (κ1) is 9.04. The van der Waals surface area contributed by atoms with Crippen LogP contribution in [0.1, 0.15) is 18.4 Å². The van der Waals surface area contributed by atoms with E-state index in [4.69, 9.17) is 14.2 Å². The molecule has 3 heteroatoms. The summed E-state index contributed by atoms with van der Waals surface area (Å²) in [6.07, 6.45) is -0.0814. The van der Waals surface area contributed by atoms with Crippen molar-refractivity contribution in [1.82, 2.24) is 0 Å². The molecule has 2 aliphatic rings. The minimum absolute atomic E-state index is 0.0814. The maximum absolute atomic E-state index is 5.74. The molecule has 2 heterocycles. The Kier molecular flexibility index (Phi) is 1.89. The number of hydrogen-bond acceptors (Lipinski definition) is 3. The van der Waals surface area contributed by atoms with Crippen LogP contribution in [0.4, 0.5) is 0 Å². The number of rotatable bonds is 1. The molecule has 0 aliphatic carbocycles. The van der Waals surface area contributed by atoms with Gasteiger partial charge in [0.1, 0.15) is 11.5 Å². The number of methoxy groups -OCH3 is 1. The first-order valence-electron chi connectivity index (χ1n) is 5.26. The summed E-state index contributed by atoms with van der Waals surface area (Å²) in [5, 5.41) is 0. The van der Waals surface area contributed by atoms with E-state index >= 15 is 0 Å². The summed E-state index contributed by atoms with van der Waals surface area (Å²) in [4.78, 5) is 0. The van der Waals surface area contributed by atoms with Gasteiger partial charge in [-0.1, -0.05) is 13.0 Å². The van der Waals surface area contributed by atoms with Crippen molar-refractivity contribution in [3.8, 4) is 11.5 Å². The largest absolute Gasteiger partial charge is 0.497 e. The lowest BCUT2D eigenvalue weighted by Gasteiger charge is -2.09. The highest BCUT2D eigenvalue weighted by molar-refractivity contribution is 5.46. The second-order valence-corrected chi connectivity index (χ2v) is 4.23. The molecule has 1 aromatic carbocycles. The van der Waals surface area contributed by atoms with Gasteiger partial charge in [0.15, 0.2) is 0 Å².